The monoisotopic (exact) mass is 214 g/mol. The highest BCUT2D eigenvalue weighted by molar-refractivity contribution is 5.82. The Kier molecular flexibility index (Phi) is 4.54. The van der Waals surface area contributed by atoms with Gasteiger partial charge in [0, 0.05) is 18.7 Å². The Morgan fingerprint density at radius 2 is 2.27 bits per heavy atom. The number of amides is 1. The van der Waals surface area contributed by atoms with Gasteiger partial charge in [-0.1, -0.05) is 0 Å². The first-order chi connectivity index (χ1) is 7.05. The van der Waals surface area contributed by atoms with Gasteiger partial charge in [-0.3, -0.25) is 4.79 Å². The number of hydrogen-bond acceptors (Lipinski definition) is 3. The molecule has 0 saturated carbocycles. The molecule has 1 atom stereocenters. The molecule has 1 heterocycles. The predicted molar refractivity (Wildman–Crippen MR) is 59.6 cm³/mol. The number of nitrogens with one attached hydrogen (secondary N) is 2. The molecule has 4 nitrogen and oxygen atoms in total. The summed E-state index contributed by atoms with van der Waals surface area (Å²) in [5, 5.41) is 15.1. The van der Waals surface area contributed by atoms with Gasteiger partial charge in [0.15, 0.2) is 0 Å². The molecule has 0 aromatic rings. The fourth-order valence-corrected chi connectivity index (χ4v) is 1.90. The topological polar surface area (TPSA) is 61.4 Å². The molecule has 88 valence electrons. The Morgan fingerprint density at radius 3 is 2.93 bits per heavy atom. The standard InChI is InChI=1S/C11H22N2O2/c1-11(2,6-8-14)13-9-5-3-4-7-12-10(9)15/h9,13-14H,3-8H2,1-2H3,(H,12,15). The largest absolute Gasteiger partial charge is 0.396 e. The van der Waals surface area contributed by atoms with E-state index < -0.39 is 0 Å². The van der Waals surface area contributed by atoms with Gasteiger partial charge in [-0.25, -0.2) is 0 Å². The van der Waals surface area contributed by atoms with Crippen molar-refractivity contribution >= 4 is 5.91 Å². The summed E-state index contributed by atoms with van der Waals surface area (Å²) in [6.45, 7) is 4.97. The van der Waals surface area contributed by atoms with Crippen molar-refractivity contribution in [3.05, 3.63) is 0 Å². The number of aliphatic hydroxyl groups excluding tert-OH is 1. The van der Waals surface area contributed by atoms with Crippen LogP contribution in [0.5, 0.6) is 0 Å². The first kappa shape index (κ1) is 12.5. The fraction of sp³-hybridized carbons (Fsp3) is 0.909. The van der Waals surface area contributed by atoms with E-state index in [0.717, 1.165) is 25.8 Å². The molecular weight excluding hydrogens is 192 g/mol. The van der Waals surface area contributed by atoms with Gasteiger partial charge in [-0.2, -0.15) is 0 Å². The highest BCUT2D eigenvalue weighted by Crippen LogP contribution is 2.13. The summed E-state index contributed by atoms with van der Waals surface area (Å²) in [7, 11) is 0. The molecule has 1 fully saturated rings. The van der Waals surface area contributed by atoms with Crippen LogP contribution in [-0.4, -0.2) is 35.7 Å². The van der Waals surface area contributed by atoms with Crippen molar-refractivity contribution in [2.75, 3.05) is 13.2 Å². The van der Waals surface area contributed by atoms with Crippen LogP contribution in [0.15, 0.2) is 0 Å². The number of rotatable bonds is 4. The van der Waals surface area contributed by atoms with Crippen molar-refractivity contribution in [1.29, 1.82) is 0 Å². The Bertz CT molecular complexity index is 217. The van der Waals surface area contributed by atoms with Crippen LogP contribution in [0.3, 0.4) is 0 Å². The van der Waals surface area contributed by atoms with Crippen LogP contribution in [0.2, 0.25) is 0 Å². The van der Waals surface area contributed by atoms with Gasteiger partial charge in [0.25, 0.3) is 0 Å². The van der Waals surface area contributed by atoms with Crippen LogP contribution in [0.4, 0.5) is 0 Å². The van der Waals surface area contributed by atoms with Gasteiger partial charge in [0.2, 0.25) is 5.91 Å². The van der Waals surface area contributed by atoms with E-state index in [1.807, 2.05) is 13.8 Å². The van der Waals surface area contributed by atoms with E-state index in [2.05, 4.69) is 10.6 Å². The maximum Gasteiger partial charge on any atom is 0.237 e. The van der Waals surface area contributed by atoms with E-state index in [1.165, 1.54) is 0 Å². The van der Waals surface area contributed by atoms with Crippen molar-refractivity contribution in [3.8, 4) is 0 Å². The van der Waals surface area contributed by atoms with E-state index >= 15 is 0 Å². The molecule has 1 aliphatic rings. The van der Waals surface area contributed by atoms with Crippen LogP contribution in [0, 0.1) is 0 Å². The molecule has 1 rings (SSSR count). The zero-order chi connectivity index (χ0) is 11.3. The summed E-state index contributed by atoms with van der Waals surface area (Å²) in [4.78, 5) is 11.7. The lowest BCUT2D eigenvalue weighted by molar-refractivity contribution is -0.123. The molecule has 0 bridgehead atoms. The summed E-state index contributed by atoms with van der Waals surface area (Å²) >= 11 is 0. The molecular formula is C11H22N2O2. The van der Waals surface area contributed by atoms with E-state index in [-0.39, 0.29) is 24.1 Å². The maximum absolute atomic E-state index is 11.7. The molecule has 0 spiro atoms. The molecule has 0 aromatic heterocycles. The average molecular weight is 214 g/mol. The summed E-state index contributed by atoms with van der Waals surface area (Å²) in [5.74, 6) is 0.0958. The molecule has 3 N–H and O–H groups in total. The van der Waals surface area contributed by atoms with Crippen molar-refractivity contribution in [1.82, 2.24) is 10.6 Å². The van der Waals surface area contributed by atoms with Gasteiger partial charge in [-0.15, -0.1) is 0 Å². The van der Waals surface area contributed by atoms with E-state index in [4.69, 9.17) is 5.11 Å². The normalized spacial score (nSPS) is 23.4. The molecule has 15 heavy (non-hydrogen) atoms. The summed E-state index contributed by atoms with van der Waals surface area (Å²) in [6.07, 6.45) is 3.69. The van der Waals surface area contributed by atoms with Gasteiger partial charge in [0.1, 0.15) is 0 Å². The zero-order valence-corrected chi connectivity index (χ0v) is 9.68. The minimum absolute atomic E-state index is 0.0958. The minimum Gasteiger partial charge on any atom is -0.396 e. The summed E-state index contributed by atoms with van der Waals surface area (Å²) < 4.78 is 0. The van der Waals surface area contributed by atoms with Crippen LogP contribution >= 0.6 is 0 Å². The Morgan fingerprint density at radius 1 is 1.53 bits per heavy atom. The molecule has 1 saturated heterocycles. The molecule has 1 aliphatic heterocycles. The lowest BCUT2D eigenvalue weighted by Crippen LogP contribution is -2.52. The second kappa shape index (κ2) is 5.47. The Labute approximate surface area is 91.4 Å². The second-order valence-electron chi connectivity index (χ2n) is 4.84. The second-order valence-corrected chi connectivity index (χ2v) is 4.84. The zero-order valence-electron chi connectivity index (χ0n) is 9.68. The van der Waals surface area contributed by atoms with Crippen LogP contribution < -0.4 is 10.6 Å². The number of hydrogen-bond donors (Lipinski definition) is 3. The number of carbonyl (C=O) groups excluding carboxylic acids is 1. The van der Waals surface area contributed by atoms with Crippen molar-refractivity contribution < 1.29 is 9.90 Å². The van der Waals surface area contributed by atoms with Gasteiger partial charge >= 0.3 is 0 Å². The number of carbonyl (C=O) groups is 1. The highest BCUT2D eigenvalue weighted by Gasteiger charge is 2.27. The Hall–Kier alpha value is -0.610. The van der Waals surface area contributed by atoms with Gasteiger partial charge in [-0.05, 0) is 39.5 Å². The third-order valence-electron chi connectivity index (χ3n) is 2.84. The third-order valence-corrected chi connectivity index (χ3v) is 2.84. The van der Waals surface area contributed by atoms with E-state index in [1.54, 1.807) is 0 Å². The van der Waals surface area contributed by atoms with Crippen molar-refractivity contribution in [2.45, 2.75) is 51.1 Å². The fourth-order valence-electron chi connectivity index (χ4n) is 1.90. The first-order valence-electron chi connectivity index (χ1n) is 5.71. The van der Waals surface area contributed by atoms with Crippen molar-refractivity contribution in [2.24, 2.45) is 0 Å². The average Bonchev–Trinajstić information content (AvgIpc) is 2.31. The highest BCUT2D eigenvalue weighted by atomic mass is 16.3. The maximum atomic E-state index is 11.7. The lowest BCUT2D eigenvalue weighted by atomic mass is 9.98. The lowest BCUT2D eigenvalue weighted by Gasteiger charge is -2.30. The molecule has 4 heteroatoms. The smallest absolute Gasteiger partial charge is 0.237 e. The van der Waals surface area contributed by atoms with Crippen LogP contribution in [-0.2, 0) is 4.79 Å². The molecule has 1 unspecified atom stereocenters. The Balaban J connectivity index is 2.50. The van der Waals surface area contributed by atoms with Crippen LogP contribution in [0.1, 0.15) is 39.5 Å². The summed E-state index contributed by atoms with van der Waals surface area (Å²) in [6, 6.07) is -0.103. The molecule has 0 radical (unpaired) electrons. The van der Waals surface area contributed by atoms with Gasteiger partial charge in [0.05, 0.1) is 6.04 Å². The minimum atomic E-state index is -0.179. The molecule has 0 aliphatic carbocycles. The summed E-state index contributed by atoms with van der Waals surface area (Å²) in [5.41, 5.74) is -0.179. The molecule has 1 amide bonds. The first-order valence-corrected chi connectivity index (χ1v) is 5.71. The predicted octanol–water partition coefficient (Wildman–Crippen LogP) is 0.406. The van der Waals surface area contributed by atoms with Crippen LogP contribution in [0.25, 0.3) is 0 Å². The third kappa shape index (κ3) is 4.18. The van der Waals surface area contributed by atoms with Gasteiger partial charge < -0.3 is 15.7 Å². The quantitative estimate of drug-likeness (QED) is 0.635. The van der Waals surface area contributed by atoms with E-state index in [9.17, 15) is 4.79 Å². The van der Waals surface area contributed by atoms with Crippen molar-refractivity contribution in [3.63, 3.8) is 0 Å². The van der Waals surface area contributed by atoms with E-state index in [0.29, 0.717) is 6.42 Å². The SMILES string of the molecule is CC(C)(CCO)NC1CCCCNC1=O. The molecule has 0 aromatic carbocycles. The number of aliphatic hydroxyl groups is 1.